The van der Waals surface area contributed by atoms with Crippen LogP contribution in [0.2, 0.25) is 0 Å². The van der Waals surface area contributed by atoms with E-state index in [0.29, 0.717) is 6.04 Å². The molecule has 3 nitrogen and oxygen atoms in total. The number of rotatable bonds is 3. The van der Waals surface area contributed by atoms with Crippen molar-refractivity contribution >= 4 is 15.9 Å². The van der Waals surface area contributed by atoms with Gasteiger partial charge in [-0.1, -0.05) is 0 Å². The smallest absolute Gasteiger partial charge is 0.0739 e. The Kier molecular flexibility index (Phi) is 2.66. The minimum absolute atomic E-state index is 0.454. The van der Waals surface area contributed by atoms with E-state index >= 15 is 0 Å². The molecular weight excluding hydrogens is 242 g/mol. The Bertz CT molecular complexity index is 341. The first-order chi connectivity index (χ1) is 6.65. The van der Waals surface area contributed by atoms with Gasteiger partial charge in [0.2, 0.25) is 0 Å². The zero-order valence-electron chi connectivity index (χ0n) is 8.84. The number of halogens is 1. The quantitative estimate of drug-likeness (QED) is 0.900. The fraction of sp³-hybridized carbons (Fsp3) is 0.700. The predicted octanol–water partition coefficient (Wildman–Crippen LogP) is 2.16. The van der Waals surface area contributed by atoms with Crippen LogP contribution in [0.25, 0.3) is 0 Å². The second-order valence-electron chi connectivity index (χ2n) is 4.01. The van der Waals surface area contributed by atoms with Crippen LogP contribution in [-0.4, -0.2) is 16.8 Å². The Balaban J connectivity index is 2.37. The number of aromatic nitrogens is 2. The van der Waals surface area contributed by atoms with Crippen LogP contribution in [0, 0.1) is 12.8 Å². The number of nitrogens with zero attached hydrogens (tertiary/aromatic N) is 2. The molecule has 1 aliphatic carbocycles. The largest absolute Gasteiger partial charge is 0.311 e. The molecule has 1 aromatic rings. The minimum Gasteiger partial charge on any atom is -0.311 e. The topological polar surface area (TPSA) is 29.9 Å². The lowest BCUT2D eigenvalue weighted by Gasteiger charge is -2.16. The van der Waals surface area contributed by atoms with Gasteiger partial charge in [0, 0.05) is 7.05 Å². The van der Waals surface area contributed by atoms with E-state index in [9.17, 15) is 0 Å². The van der Waals surface area contributed by atoms with E-state index in [1.807, 2.05) is 25.7 Å². The molecule has 1 atom stereocenters. The molecule has 1 saturated carbocycles. The van der Waals surface area contributed by atoms with Crippen LogP contribution in [-0.2, 0) is 7.05 Å². The summed E-state index contributed by atoms with van der Waals surface area (Å²) in [5, 5.41) is 7.80. The molecule has 2 rings (SSSR count). The molecule has 0 amide bonds. The standard InChI is InChI=1S/C10H16BrN3/c1-6-8(11)10(14(3)13-6)9(12-2)7-4-5-7/h7,9,12H,4-5H2,1-3H3. The summed E-state index contributed by atoms with van der Waals surface area (Å²) in [6.45, 7) is 2.03. The van der Waals surface area contributed by atoms with E-state index in [0.717, 1.165) is 16.1 Å². The number of hydrogen-bond acceptors (Lipinski definition) is 2. The maximum Gasteiger partial charge on any atom is 0.0739 e. The van der Waals surface area contributed by atoms with Gasteiger partial charge < -0.3 is 5.32 Å². The Morgan fingerprint density at radius 1 is 1.57 bits per heavy atom. The first kappa shape index (κ1) is 10.2. The highest BCUT2D eigenvalue weighted by Crippen LogP contribution is 2.43. The van der Waals surface area contributed by atoms with Gasteiger partial charge in [-0.25, -0.2) is 0 Å². The van der Waals surface area contributed by atoms with Crippen LogP contribution in [0.3, 0.4) is 0 Å². The van der Waals surface area contributed by atoms with Gasteiger partial charge in [-0.2, -0.15) is 5.10 Å². The van der Waals surface area contributed by atoms with E-state index in [4.69, 9.17) is 0 Å². The molecule has 0 aliphatic heterocycles. The summed E-state index contributed by atoms with van der Waals surface area (Å²) in [6, 6.07) is 0.454. The number of aryl methyl sites for hydroxylation is 2. The molecule has 1 aromatic heterocycles. The van der Waals surface area contributed by atoms with Gasteiger partial charge in [0.05, 0.1) is 21.9 Å². The SMILES string of the molecule is CNC(c1c(Br)c(C)nn1C)C1CC1. The van der Waals surface area contributed by atoms with E-state index < -0.39 is 0 Å². The van der Waals surface area contributed by atoms with Gasteiger partial charge in [-0.05, 0) is 48.7 Å². The average molecular weight is 258 g/mol. The Morgan fingerprint density at radius 3 is 2.57 bits per heavy atom. The van der Waals surface area contributed by atoms with Crippen LogP contribution in [0.5, 0.6) is 0 Å². The molecule has 0 spiro atoms. The van der Waals surface area contributed by atoms with Crippen molar-refractivity contribution < 1.29 is 0 Å². The molecule has 1 unspecified atom stereocenters. The molecule has 0 saturated heterocycles. The monoisotopic (exact) mass is 257 g/mol. The van der Waals surface area contributed by atoms with Gasteiger partial charge in [0.25, 0.3) is 0 Å². The highest BCUT2D eigenvalue weighted by atomic mass is 79.9. The third-order valence-electron chi connectivity index (χ3n) is 2.89. The maximum atomic E-state index is 4.42. The molecule has 4 heteroatoms. The molecule has 0 radical (unpaired) electrons. The average Bonchev–Trinajstić information content (AvgIpc) is 2.91. The normalized spacial score (nSPS) is 18.6. The lowest BCUT2D eigenvalue weighted by atomic mass is 10.1. The molecule has 1 heterocycles. The Labute approximate surface area is 93.0 Å². The van der Waals surface area contributed by atoms with Crippen LogP contribution >= 0.6 is 15.9 Å². The van der Waals surface area contributed by atoms with Gasteiger partial charge in [0.15, 0.2) is 0 Å². The summed E-state index contributed by atoms with van der Waals surface area (Å²) >= 11 is 3.62. The lowest BCUT2D eigenvalue weighted by Crippen LogP contribution is -2.21. The van der Waals surface area contributed by atoms with Gasteiger partial charge in [-0.3, -0.25) is 4.68 Å². The van der Waals surface area contributed by atoms with E-state index in [1.54, 1.807) is 0 Å². The fourth-order valence-corrected chi connectivity index (χ4v) is 2.60. The summed E-state index contributed by atoms with van der Waals surface area (Å²) in [5.41, 5.74) is 2.36. The molecule has 1 aliphatic rings. The molecule has 14 heavy (non-hydrogen) atoms. The van der Waals surface area contributed by atoms with Crippen LogP contribution < -0.4 is 5.32 Å². The van der Waals surface area contributed by atoms with Crippen molar-refractivity contribution in [1.29, 1.82) is 0 Å². The van der Waals surface area contributed by atoms with Gasteiger partial charge in [-0.15, -0.1) is 0 Å². The van der Waals surface area contributed by atoms with E-state index in [2.05, 4.69) is 26.3 Å². The maximum absolute atomic E-state index is 4.42. The van der Waals surface area contributed by atoms with Crippen molar-refractivity contribution in [3.8, 4) is 0 Å². The zero-order chi connectivity index (χ0) is 10.3. The van der Waals surface area contributed by atoms with Gasteiger partial charge >= 0.3 is 0 Å². The molecule has 1 fully saturated rings. The lowest BCUT2D eigenvalue weighted by molar-refractivity contribution is 0.486. The molecule has 0 bridgehead atoms. The molecule has 0 aromatic carbocycles. The first-order valence-corrected chi connectivity index (χ1v) is 5.80. The van der Waals surface area contributed by atoms with Crippen molar-refractivity contribution in [2.24, 2.45) is 13.0 Å². The number of hydrogen-bond donors (Lipinski definition) is 1. The van der Waals surface area contributed by atoms with Crippen molar-refractivity contribution in [3.63, 3.8) is 0 Å². The highest BCUT2D eigenvalue weighted by Gasteiger charge is 2.34. The molecule has 1 N–H and O–H groups in total. The summed E-state index contributed by atoms with van der Waals surface area (Å²) in [5.74, 6) is 0.797. The Hall–Kier alpha value is -0.350. The first-order valence-electron chi connectivity index (χ1n) is 5.01. The summed E-state index contributed by atoms with van der Waals surface area (Å²) in [7, 11) is 4.04. The zero-order valence-corrected chi connectivity index (χ0v) is 10.4. The Morgan fingerprint density at radius 2 is 2.21 bits per heavy atom. The number of nitrogens with one attached hydrogen (secondary N) is 1. The van der Waals surface area contributed by atoms with Gasteiger partial charge in [0.1, 0.15) is 0 Å². The third kappa shape index (κ3) is 1.61. The fourth-order valence-electron chi connectivity index (χ4n) is 2.01. The van der Waals surface area contributed by atoms with Crippen molar-refractivity contribution in [1.82, 2.24) is 15.1 Å². The van der Waals surface area contributed by atoms with Crippen LogP contribution in [0.1, 0.15) is 30.3 Å². The van der Waals surface area contributed by atoms with E-state index in [1.165, 1.54) is 18.5 Å². The predicted molar refractivity (Wildman–Crippen MR) is 60.2 cm³/mol. The van der Waals surface area contributed by atoms with E-state index in [-0.39, 0.29) is 0 Å². The summed E-state index contributed by atoms with van der Waals surface area (Å²) in [6.07, 6.45) is 2.67. The van der Waals surface area contributed by atoms with Crippen molar-refractivity contribution in [3.05, 3.63) is 15.9 Å². The second kappa shape index (κ2) is 3.66. The van der Waals surface area contributed by atoms with Crippen LogP contribution in [0.4, 0.5) is 0 Å². The highest BCUT2D eigenvalue weighted by molar-refractivity contribution is 9.10. The molecular formula is C10H16BrN3. The van der Waals surface area contributed by atoms with Crippen molar-refractivity contribution in [2.45, 2.75) is 25.8 Å². The second-order valence-corrected chi connectivity index (χ2v) is 4.81. The summed E-state index contributed by atoms with van der Waals surface area (Å²) in [4.78, 5) is 0. The molecule has 78 valence electrons. The minimum atomic E-state index is 0.454. The van der Waals surface area contributed by atoms with Crippen LogP contribution in [0.15, 0.2) is 4.47 Å². The third-order valence-corrected chi connectivity index (χ3v) is 3.87. The van der Waals surface area contributed by atoms with Crippen molar-refractivity contribution in [2.75, 3.05) is 7.05 Å². The summed E-state index contributed by atoms with van der Waals surface area (Å²) < 4.78 is 3.14.